The van der Waals surface area contributed by atoms with Crippen LogP contribution in [0, 0.1) is 0 Å². The van der Waals surface area contributed by atoms with E-state index in [2.05, 4.69) is 12.2 Å². The number of aryl methyl sites for hydroxylation is 1. The number of carboxylic acid groups (broad SMARTS) is 1. The van der Waals surface area contributed by atoms with E-state index in [1.54, 1.807) is 4.90 Å². The molecule has 116 valence electrons. The number of ether oxygens (including phenoxy) is 1. The largest absolute Gasteiger partial charge is 0.481 e. The van der Waals surface area contributed by atoms with E-state index in [9.17, 15) is 9.59 Å². The molecule has 0 radical (unpaired) electrons. The Hall–Kier alpha value is -2.14. The first-order chi connectivity index (χ1) is 10.6. The molecule has 1 aliphatic heterocycles. The molecule has 1 amide bonds. The molecule has 1 aromatic rings. The van der Waals surface area contributed by atoms with Crippen molar-refractivity contribution in [2.24, 2.45) is 0 Å². The van der Waals surface area contributed by atoms with Crippen molar-refractivity contribution in [2.45, 2.75) is 25.3 Å². The number of benzene rings is 1. The normalized spacial score (nSPS) is 20.5. The lowest BCUT2D eigenvalue weighted by molar-refractivity contribution is -0.139. The summed E-state index contributed by atoms with van der Waals surface area (Å²) >= 11 is 0. The second kappa shape index (κ2) is 6.32. The number of rotatable bonds is 3. The molecule has 0 bridgehead atoms. The maximum Gasteiger partial charge on any atom is 0.305 e. The van der Waals surface area contributed by atoms with Crippen LogP contribution in [0.5, 0.6) is 0 Å². The van der Waals surface area contributed by atoms with Crippen LogP contribution in [-0.2, 0) is 16.0 Å². The van der Waals surface area contributed by atoms with Gasteiger partial charge in [-0.05, 0) is 36.1 Å². The Morgan fingerprint density at radius 3 is 3.05 bits per heavy atom. The molecule has 0 saturated carbocycles. The van der Waals surface area contributed by atoms with Crippen LogP contribution in [0.1, 0.15) is 34.3 Å². The minimum atomic E-state index is -0.913. The fourth-order valence-corrected chi connectivity index (χ4v) is 3.03. The van der Waals surface area contributed by atoms with Gasteiger partial charge in [0.2, 0.25) is 0 Å². The minimum Gasteiger partial charge on any atom is -0.481 e. The van der Waals surface area contributed by atoms with E-state index in [-0.39, 0.29) is 18.9 Å². The summed E-state index contributed by atoms with van der Waals surface area (Å²) in [6, 6.07) is 5.33. The maximum absolute atomic E-state index is 12.7. The Balaban J connectivity index is 1.82. The molecule has 1 aliphatic carbocycles. The van der Waals surface area contributed by atoms with Crippen LogP contribution < -0.4 is 0 Å². The fourth-order valence-electron chi connectivity index (χ4n) is 3.03. The van der Waals surface area contributed by atoms with E-state index in [0.29, 0.717) is 18.7 Å². The van der Waals surface area contributed by atoms with Crippen molar-refractivity contribution in [1.29, 1.82) is 0 Å². The number of carbonyl (C=O) groups excluding carboxylic acids is 1. The molecule has 0 aromatic heterocycles. The van der Waals surface area contributed by atoms with Crippen LogP contribution >= 0.6 is 0 Å². The Morgan fingerprint density at radius 1 is 1.36 bits per heavy atom. The van der Waals surface area contributed by atoms with Crippen molar-refractivity contribution in [3.05, 3.63) is 41.0 Å². The summed E-state index contributed by atoms with van der Waals surface area (Å²) in [7, 11) is 0. The zero-order valence-corrected chi connectivity index (χ0v) is 12.3. The molecule has 22 heavy (non-hydrogen) atoms. The average Bonchev–Trinajstić information content (AvgIpc) is 2.54. The topological polar surface area (TPSA) is 66.8 Å². The number of fused-ring (bicyclic) bond motifs is 1. The molecule has 1 unspecified atom stereocenters. The molecule has 3 rings (SSSR count). The van der Waals surface area contributed by atoms with Crippen LogP contribution in [0.3, 0.4) is 0 Å². The second-order valence-corrected chi connectivity index (χ2v) is 5.68. The third kappa shape index (κ3) is 3.04. The van der Waals surface area contributed by atoms with Gasteiger partial charge in [0.1, 0.15) is 0 Å². The number of carboxylic acids is 1. The summed E-state index contributed by atoms with van der Waals surface area (Å²) in [5, 5.41) is 8.99. The number of amides is 1. The third-order valence-electron chi connectivity index (χ3n) is 4.17. The molecule has 2 aliphatic rings. The van der Waals surface area contributed by atoms with Gasteiger partial charge in [-0.15, -0.1) is 0 Å². The van der Waals surface area contributed by atoms with Crippen LogP contribution in [0.15, 0.2) is 24.3 Å². The standard InChI is InChI=1S/C17H19NO4/c19-16(20)10-15-11-22-8-7-18(15)17(21)14-6-5-12-3-1-2-4-13(12)9-14/h1,3,5-6,9,15H,2,4,7-8,10-11H2,(H,19,20). The Morgan fingerprint density at radius 2 is 2.23 bits per heavy atom. The van der Waals surface area contributed by atoms with E-state index < -0.39 is 12.0 Å². The number of hydrogen-bond acceptors (Lipinski definition) is 3. The average molecular weight is 301 g/mol. The molecule has 0 spiro atoms. The number of aliphatic carboxylic acids is 1. The summed E-state index contributed by atoms with van der Waals surface area (Å²) < 4.78 is 5.32. The molecule has 1 atom stereocenters. The smallest absolute Gasteiger partial charge is 0.305 e. The van der Waals surface area contributed by atoms with Crippen LogP contribution in [0.4, 0.5) is 0 Å². The van der Waals surface area contributed by atoms with E-state index in [0.717, 1.165) is 18.4 Å². The number of carbonyl (C=O) groups is 2. The van der Waals surface area contributed by atoms with E-state index in [1.165, 1.54) is 5.56 Å². The van der Waals surface area contributed by atoms with Gasteiger partial charge in [-0.25, -0.2) is 0 Å². The molecule has 1 N–H and O–H groups in total. The molecule has 1 saturated heterocycles. The molecular formula is C17H19NO4. The third-order valence-corrected chi connectivity index (χ3v) is 4.17. The van der Waals surface area contributed by atoms with Crippen molar-refractivity contribution >= 4 is 18.0 Å². The Bertz CT molecular complexity index is 623. The fraction of sp³-hybridized carbons (Fsp3) is 0.412. The zero-order chi connectivity index (χ0) is 15.5. The van der Waals surface area contributed by atoms with E-state index >= 15 is 0 Å². The van der Waals surface area contributed by atoms with Crippen molar-refractivity contribution in [3.8, 4) is 0 Å². The lowest BCUT2D eigenvalue weighted by Gasteiger charge is -2.35. The molecule has 1 heterocycles. The number of allylic oxidation sites excluding steroid dienone is 1. The molecule has 1 fully saturated rings. The van der Waals surface area contributed by atoms with Gasteiger partial charge in [0.05, 0.1) is 25.7 Å². The van der Waals surface area contributed by atoms with Crippen molar-refractivity contribution < 1.29 is 19.4 Å². The molecular weight excluding hydrogens is 282 g/mol. The molecule has 5 heteroatoms. The Kier molecular flexibility index (Phi) is 4.24. The van der Waals surface area contributed by atoms with Gasteiger partial charge in [-0.3, -0.25) is 9.59 Å². The quantitative estimate of drug-likeness (QED) is 0.927. The number of nitrogens with zero attached hydrogens (tertiary/aromatic N) is 1. The number of hydrogen-bond donors (Lipinski definition) is 1. The van der Waals surface area contributed by atoms with Crippen molar-refractivity contribution in [3.63, 3.8) is 0 Å². The van der Waals surface area contributed by atoms with Crippen LogP contribution in [0.2, 0.25) is 0 Å². The minimum absolute atomic E-state index is 0.0839. The van der Waals surface area contributed by atoms with Gasteiger partial charge < -0.3 is 14.7 Å². The van der Waals surface area contributed by atoms with E-state index in [1.807, 2.05) is 18.2 Å². The van der Waals surface area contributed by atoms with Crippen LogP contribution in [0.25, 0.3) is 6.08 Å². The molecule has 1 aromatic carbocycles. The highest BCUT2D eigenvalue weighted by molar-refractivity contribution is 5.95. The van der Waals surface area contributed by atoms with E-state index in [4.69, 9.17) is 9.84 Å². The summed E-state index contributed by atoms with van der Waals surface area (Å²) in [5.41, 5.74) is 2.97. The molecule has 5 nitrogen and oxygen atoms in total. The monoisotopic (exact) mass is 301 g/mol. The highest BCUT2D eigenvalue weighted by Crippen LogP contribution is 2.22. The predicted octanol–water partition coefficient (Wildman–Crippen LogP) is 1.96. The SMILES string of the molecule is O=C(O)CC1COCCN1C(=O)c1ccc2c(c1)CCC=C2. The second-order valence-electron chi connectivity index (χ2n) is 5.68. The highest BCUT2D eigenvalue weighted by Gasteiger charge is 2.30. The number of morpholine rings is 1. The van der Waals surface area contributed by atoms with Gasteiger partial charge in [0.15, 0.2) is 0 Å². The summed E-state index contributed by atoms with van der Waals surface area (Å²) in [5.74, 6) is -1.02. The lowest BCUT2D eigenvalue weighted by atomic mass is 9.95. The predicted molar refractivity (Wildman–Crippen MR) is 81.7 cm³/mol. The first kappa shape index (κ1) is 14.8. The lowest BCUT2D eigenvalue weighted by Crippen LogP contribution is -2.49. The maximum atomic E-state index is 12.7. The van der Waals surface area contributed by atoms with Gasteiger partial charge >= 0.3 is 5.97 Å². The van der Waals surface area contributed by atoms with Crippen LogP contribution in [-0.4, -0.2) is 47.7 Å². The van der Waals surface area contributed by atoms with Gasteiger partial charge in [0, 0.05) is 12.1 Å². The first-order valence-corrected chi connectivity index (χ1v) is 7.55. The van der Waals surface area contributed by atoms with Crippen molar-refractivity contribution in [2.75, 3.05) is 19.8 Å². The summed E-state index contributed by atoms with van der Waals surface area (Å²) in [4.78, 5) is 25.3. The summed E-state index contributed by atoms with van der Waals surface area (Å²) in [6.07, 6.45) is 6.06. The highest BCUT2D eigenvalue weighted by atomic mass is 16.5. The van der Waals surface area contributed by atoms with Gasteiger partial charge in [-0.1, -0.05) is 18.2 Å². The Labute approximate surface area is 129 Å². The van der Waals surface area contributed by atoms with Crippen molar-refractivity contribution in [1.82, 2.24) is 4.90 Å². The van der Waals surface area contributed by atoms with Gasteiger partial charge in [-0.2, -0.15) is 0 Å². The zero-order valence-electron chi connectivity index (χ0n) is 12.3. The summed E-state index contributed by atoms with van der Waals surface area (Å²) in [6.45, 7) is 1.18. The van der Waals surface area contributed by atoms with Gasteiger partial charge in [0.25, 0.3) is 5.91 Å². The first-order valence-electron chi connectivity index (χ1n) is 7.55.